The number of anilines is 1. The van der Waals surface area contributed by atoms with Crippen molar-refractivity contribution in [3.05, 3.63) is 34.4 Å². The summed E-state index contributed by atoms with van der Waals surface area (Å²) in [6.07, 6.45) is 0. The maximum Gasteiger partial charge on any atom is 0.269 e. The van der Waals surface area contributed by atoms with E-state index in [1.165, 1.54) is 24.0 Å². The van der Waals surface area contributed by atoms with Crippen LogP contribution in [0.25, 0.3) is 0 Å². The first-order valence-electron chi connectivity index (χ1n) is 6.25. The van der Waals surface area contributed by atoms with E-state index in [1.807, 2.05) is 0 Å². The summed E-state index contributed by atoms with van der Waals surface area (Å²) in [6.45, 7) is 3.96. The van der Waals surface area contributed by atoms with Crippen LogP contribution in [0.3, 0.4) is 0 Å². The Labute approximate surface area is 115 Å². The first kappa shape index (κ1) is 14.0. The van der Waals surface area contributed by atoms with Crippen molar-refractivity contribution >= 4 is 23.2 Å². The van der Waals surface area contributed by atoms with E-state index in [2.05, 4.69) is 0 Å². The number of hydrogen-bond acceptors (Lipinski definition) is 4. The van der Waals surface area contributed by atoms with Crippen molar-refractivity contribution in [3.63, 3.8) is 0 Å². The fourth-order valence-corrected chi connectivity index (χ4v) is 2.31. The number of nitrogens with zero attached hydrogens (tertiary/aromatic N) is 3. The van der Waals surface area contributed by atoms with Crippen LogP contribution in [0.5, 0.6) is 0 Å². The zero-order chi connectivity index (χ0) is 14.9. The van der Waals surface area contributed by atoms with Crippen LogP contribution in [-0.4, -0.2) is 40.8 Å². The molecule has 1 aromatic carbocycles. The number of nitro benzene ring substituents is 1. The Bertz CT molecular complexity index is 555. The topological polar surface area (TPSA) is 83.8 Å². The summed E-state index contributed by atoms with van der Waals surface area (Å²) in [6, 6.07) is 5.31. The molecule has 0 aliphatic carbocycles. The zero-order valence-electron chi connectivity index (χ0n) is 11.3. The number of piperazine rings is 1. The molecule has 1 aliphatic heterocycles. The van der Waals surface area contributed by atoms with Gasteiger partial charge in [-0.3, -0.25) is 19.7 Å². The first-order chi connectivity index (χ1) is 9.41. The van der Waals surface area contributed by atoms with Gasteiger partial charge in [0.2, 0.25) is 11.8 Å². The van der Waals surface area contributed by atoms with Crippen LogP contribution >= 0.6 is 0 Å². The van der Waals surface area contributed by atoms with Gasteiger partial charge in [-0.25, -0.2) is 0 Å². The molecule has 2 rings (SSSR count). The Morgan fingerprint density at radius 2 is 1.90 bits per heavy atom. The third-order valence-electron chi connectivity index (χ3n) is 3.43. The second-order valence-electron chi connectivity index (χ2n) is 4.65. The third-order valence-corrected chi connectivity index (χ3v) is 3.43. The second-order valence-corrected chi connectivity index (χ2v) is 4.65. The summed E-state index contributed by atoms with van der Waals surface area (Å²) in [5.74, 6) is -0.311. The summed E-state index contributed by atoms with van der Waals surface area (Å²) in [5, 5.41) is 10.6. The molecule has 1 fully saturated rings. The minimum atomic E-state index is -0.517. The van der Waals surface area contributed by atoms with Crippen molar-refractivity contribution < 1.29 is 14.5 Å². The largest absolute Gasteiger partial charge is 0.329 e. The van der Waals surface area contributed by atoms with E-state index in [-0.39, 0.29) is 17.5 Å². The number of carbonyl (C=O) groups excluding carboxylic acids is 2. The van der Waals surface area contributed by atoms with Gasteiger partial charge in [0.1, 0.15) is 6.04 Å². The molecule has 1 atom stereocenters. The molecular formula is C13H15N3O4. The average molecular weight is 277 g/mol. The summed E-state index contributed by atoms with van der Waals surface area (Å²) < 4.78 is 0. The Balaban J connectivity index is 2.20. The molecule has 2 amide bonds. The van der Waals surface area contributed by atoms with Gasteiger partial charge in [0.05, 0.1) is 4.92 Å². The van der Waals surface area contributed by atoms with Crippen molar-refractivity contribution in [1.82, 2.24) is 4.90 Å². The van der Waals surface area contributed by atoms with Crippen LogP contribution in [0.15, 0.2) is 24.3 Å². The highest BCUT2D eigenvalue weighted by Gasteiger charge is 2.33. The van der Waals surface area contributed by atoms with Crippen LogP contribution in [0.2, 0.25) is 0 Å². The molecule has 7 heteroatoms. The van der Waals surface area contributed by atoms with E-state index in [4.69, 9.17) is 0 Å². The van der Waals surface area contributed by atoms with Gasteiger partial charge in [0.15, 0.2) is 0 Å². The van der Waals surface area contributed by atoms with Gasteiger partial charge in [0, 0.05) is 37.8 Å². The summed E-state index contributed by atoms with van der Waals surface area (Å²) in [7, 11) is 0. The molecule has 1 saturated heterocycles. The lowest BCUT2D eigenvalue weighted by atomic mass is 10.1. The van der Waals surface area contributed by atoms with Crippen LogP contribution in [0, 0.1) is 10.1 Å². The summed E-state index contributed by atoms with van der Waals surface area (Å²) in [5.41, 5.74) is 0.590. The van der Waals surface area contributed by atoms with Crippen molar-refractivity contribution in [2.75, 3.05) is 18.0 Å². The smallest absolute Gasteiger partial charge is 0.269 e. The highest BCUT2D eigenvalue weighted by Crippen LogP contribution is 2.23. The molecule has 106 valence electrons. The minimum absolute atomic E-state index is 0.0170. The second kappa shape index (κ2) is 5.28. The fraction of sp³-hybridized carbons (Fsp3) is 0.385. The Hall–Kier alpha value is -2.44. The van der Waals surface area contributed by atoms with Gasteiger partial charge in [0.25, 0.3) is 5.69 Å². The van der Waals surface area contributed by atoms with E-state index in [1.54, 1.807) is 24.0 Å². The lowest BCUT2D eigenvalue weighted by molar-refractivity contribution is -0.384. The van der Waals surface area contributed by atoms with E-state index in [0.29, 0.717) is 18.8 Å². The van der Waals surface area contributed by atoms with Gasteiger partial charge in [-0.1, -0.05) is 0 Å². The Kier molecular flexibility index (Phi) is 3.69. The SMILES string of the molecule is CC(=O)N1CCN(c2ccc([N+](=O)[O-])cc2)C(=O)[C@@H]1C. The molecule has 0 aromatic heterocycles. The van der Waals surface area contributed by atoms with Crippen LogP contribution in [-0.2, 0) is 9.59 Å². The quantitative estimate of drug-likeness (QED) is 0.600. The molecule has 0 radical (unpaired) electrons. The maximum absolute atomic E-state index is 12.3. The third kappa shape index (κ3) is 2.47. The highest BCUT2D eigenvalue weighted by atomic mass is 16.6. The van der Waals surface area contributed by atoms with Crippen LogP contribution in [0.4, 0.5) is 11.4 Å². The number of hydrogen-bond donors (Lipinski definition) is 0. The monoisotopic (exact) mass is 277 g/mol. The van der Waals surface area contributed by atoms with Crippen LogP contribution in [0.1, 0.15) is 13.8 Å². The van der Waals surface area contributed by atoms with Crippen molar-refractivity contribution in [1.29, 1.82) is 0 Å². The maximum atomic E-state index is 12.3. The van der Waals surface area contributed by atoms with Gasteiger partial charge >= 0.3 is 0 Å². The lowest BCUT2D eigenvalue weighted by Crippen LogP contribution is -2.57. The number of nitro groups is 1. The number of benzene rings is 1. The first-order valence-corrected chi connectivity index (χ1v) is 6.25. The van der Waals surface area contributed by atoms with E-state index in [9.17, 15) is 19.7 Å². The molecule has 1 heterocycles. The Morgan fingerprint density at radius 1 is 1.30 bits per heavy atom. The number of non-ortho nitro benzene ring substituents is 1. The molecule has 1 aliphatic rings. The predicted octanol–water partition coefficient (Wildman–Crippen LogP) is 1.18. The van der Waals surface area contributed by atoms with Crippen molar-refractivity contribution in [2.24, 2.45) is 0 Å². The lowest BCUT2D eigenvalue weighted by Gasteiger charge is -2.38. The van der Waals surface area contributed by atoms with Crippen molar-refractivity contribution in [3.8, 4) is 0 Å². The molecule has 0 N–H and O–H groups in total. The standard InChI is InChI=1S/C13H15N3O4/c1-9-13(18)15(8-7-14(9)10(2)17)11-3-5-12(6-4-11)16(19)20/h3-6,9H,7-8H2,1-2H3/t9-/m0/s1. The number of rotatable bonds is 2. The van der Waals surface area contributed by atoms with Crippen LogP contribution < -0.4 is 4.90 Å². The summed E-state index contributed by atoms with van der Waals surface area (Å²) in [4.78, 5) is 36.8. The van der Waals surface area contributed by atoms with E-state index < -0.39 is 11.0 Å². The van der Waals surface area contributed by atoms with Gasteiger partial charge in [-0.15, -0.1) is 0 Å². The molecule has 0 bridgehead atoms. The predicted molar refractivity (Wildman–Crippen MR) is 72.3 cm³/mol. The van der Waals surface area contributed by atoms with Gasteiger partial charge < -0.3 is 9.80 Å². The summed E-state index contributed by atoms with van der Waals surface area (Å²) >= 11 is 0. The fourth-order valence-electron chi connectivity index (χ4n) is 2.31. The molecule has 20 heavy (non-hydrogen) atoms. The Morgan fingerprint density at radius 3 is 2.40 bits per heavy atom. The van der Waals surface area contributed by atoms with Gasteiger partial charge in [-0.05, 0) is 19.1 Å². The molecule has 7 nitrogen and oxygen atoms in total. The van der Waals surface area contributed by atoms with Crippen molar-refractivity contribution in [2.45, 2.75) is 19.9 Å². The van der Waals surface area contributed by atoms with E-state index in [0.717, 1.165) is 0 Å². The molecule has 0 spiro atoms. The minimum Gasteiger partial charge on any atom is -0.329 e. The molecule has 1 aromatic rings. The number of amides is 2. The molecule has 0 saturated carbocycles. The van der Waals surface area contributed by atoms with Gasteiger partial charge in [-0.2, -0.15) is 0 Å². The highest BCUT2D eigenvalue weighted by molar-refractivity contribution is 6.00. The zero-order valence-corrected chi connectivity index (χ0v) is 11.3. The normalized spacial score (nSPS) is 19.1. The molecular weight excluding hydrogens is 262 g/mol. The van der Waals surface area contributed by atoms with E-state index >= 15 is 0 Å². The average Bonchev–Trinajstić information content (AvgIpc) is 2.41. The number of carbonyl (C=O) groups is 2. The molecule has 0 unspecified atom stereocenters.